The van der Waals surface area contributed by atoms with Crippen molar-refractivity contribution in [1.82, 2.24) is 0 Å². The highest BCUT2D eigenvalue weighted by molar-refractivity contribution is 7.47. The summed E-state index contributed by atoms with van der Waals surface area (Å²) in [5, 5.41) is 0. The second-order valence-corrected chi connectivity index (χ2v) is 11.6. The van der Waals surface area contributed by atoms with Crippen molar-refractivity contribution >= 4 is 7.82 Å². The maximum Gasteiger partial charge on any atom is 0.472 e. The van der Waals surface area contributed by atoms with Crippen molar-refractivity contribution in [3.8, 4) is 0 Å². The second kappa shape index (κ2) is 25.2. The molecule has 0 aliphatic rings. The van der Waals surface area contributed by atoms with E-state index >= 15 is 0 Å². The molecule has 0 saturated heterocycles. The van der Waals surface area contributed by atoms with Gasteiger partial charge in [0.1, 0.15) is 12.7 Å². The van der Waals surface area contributed by atoms with Gasteiger partial charge in [-0.15, -0.1) is 0 Å². The molecule has 222 valence electrons. The number of ether oxygens (including phenoxy) is 2. The molecular formula is C30H57NO6P+. The lowest BCUT2D eigenvalue weighted by Gasteiger charge is -2.19. The summed E-state index contributed by atoms with van der Waals surface area (Å²) in [7, 11) is -4.13. The van der Waals surface area contributed by atoms with Gasteiger partial charge in [-0.3, -0.25) is 9.05 Å². The van der Waals surface area contributed by atoms with Gasteiger partial charge in [-0.1, -0.05) is 109 Å². The Morgan fingerprint density at radius 3 is 1.74 bits per heavy atom. The number of aromatic nitrogens is 1. The predicted molar refractivity (Wildman–Crippen MR) is 154 cm³/mol. The topological polar surface area (TPSA) is 78.1 Å². The lowest BCUT2D eigenvalue weighted by Crippen LogP contribution is -2.34. The van der Waals surface area contributed by atoms with E-state index in [9.17, 15) is 9.46 Å². The Morgan fingerprint density at radius 1 is 0.684 bits per heavy atom. The lowest BCUT2D eigenvalue weighted by atomic mass is 10.0. The monoisotopic (exact) mass is 558 g/mol. The van der Waals surface area contributed by atoms with Crippen molar-refractivity contribution in [3.05, 3.63) is 30.6 Å². The molecular weight excluding hydrogens is 501 g/mol. The molecule has 0 bridgehead atoms. The van der Waals surface area contributed by atoms with E-state index in [1.54, 1.807) is 0 Å². The van der Waals surface area contributed by atoms with Crippen LogP contribution in [0.5, 0.6) is 0 Å². The van der Waals surface area contributed by atoms with Crippen molar-refractivity contribution in [1.29, 1.82) is 0 Å². The van der Waals surface area contributed by atoms with E-state index in [0.29, 0.717) is 26.4 Å². The number of pyridine rings is 1. The van der Waals surface area contributed by atoms with Crippen LogP contribution < -0.4 is 4.57 Å². The molecule has 0 aliphatic heterocycles. The number of hydrogen-bond donors (Lipinski definition) is 1. The van der Waals surface area contributed by atoms with Gasteiger partial charge in [0.05, 0.1) is 13.2 Å². The molecule has 1 rings (SSSR count). The molecule has 0 radical (unpaired) electrons. The van der Waals surface area contributed by atoms with Crippen LogP contribution in [0.15, 0.2) is 30.6 Å². The summed E-state index contributed by atoms with van der Waals surface area (Å²) in [6, 6.07) is 5.69. The second-order valence-electron chi connectivity index (χ2n) is 10.2. The highest BCUT2D eigenvalue weighted by Crippen LogP contribution is 2.43. The third-order valence-electron chi connectivity index (χ3n) is 6.65. The molecule has 1 aromatic rings. The molecule has 0 saturated carbocycles. The van der Waals surface area contributed by atoms with E-state index in [-0.39, 0.29) is 13.2 Å². The molecule has 2 atom stereocenters. The lowest BCUT2D eigenvalue weighted by molar-refractivity contribution is -0.697. The van der Waals surface area contributed by atoms with Gasteiger partial charge >= 0.3 is 7.82 Å². The van der Waals surface area contributed by atoms with Crippen LogP contribution in [0.1, 0.15) is 117 Å². The number of unbranched alkanes of at least 4 members (excludes halogenated alkanes) is 15. The normalized spacial score (nSPS) is 14.0. The van der Waals surface area contributed by atoms with Crippen molar-refractivity contribution in [2.24, 2.45) is 0 Å². The standard InChI is InChI=1S/C30H56NO6P/c1-3-5-6-7-8-9-10-11-12-13-14-15-16-17-18-22-26-34-28-30(35-4-2)29-37-38(32,33)36-27-25-31-23-20-19-21-24-31/h19-21,23-24,30H,3-18,22,25-29H2,1-2H3/p+1/t30-/m1/s1. The zero-order valence-electron chi connectivity index (χ0n) is 24.4. The molecule has 1 heterocycles. The van der Waals surface area contributed by atoms with Gasteiger partial charge in [-0.05, 0) is 13.3 Å². The third-order valence-corrected chi connectivity index (χ3v) is 7.64. The highest BCUT2D eigenvalue weighted by atomic mass is 31.2. The molecule has 38 heavy (non-hydrogen) atoms. The van der Waals surface area contributed by atoms with Crippen LogP contribution in [0.4, 0.5) is 0 Å². The first-order valence-electron chi connectivity index (χ1n) is 15.3. The summed E-state index contributed by atoms with van der Waals surface area (Å²) in [6.45, 7) is 6.16. The average molecular weight is 559 g/mol. The number of phosphoric ester groups is 1. The summed E-state index contributed by atoms with van der Waals surface area (Å²) in [6.07, 6.45) is 24.9. The fraction of sp³-hybridized carbons (Fsp3) is 0.833. The van der Waals surface area contributed by atoms with Crippen LogP contribution in [-0.2, 0) is 29.6 Å². The first-order chi connectivity index (χ1) is 18.6. The molecule has 1 N–H and O–H groups in total. The van der Waals surface area contributed by atoms with Crippen molar-refractivity contribution < 1.29 is 32.5 Å². The van der Waals surface area contributed by atoms with E-state index in [0.717, 1.165) is 6.42 Å². The molecule has 0 aliphatic carbocycles. The quantitative estimate of drug-likeness (QED) is 0.0642. The maximum atomic E-state index is 12.2. The van der Waals surface area contributed by atoms with E-state index in [1.807, 2.05) is 42.1 Å². The van der Waals surface area contributed by atoms with Gasteiger partial charge < -0.3 is 14.4 Å². The number of phosphoric acid groups is 1. The van der Waals surface area contributed by atoms with Crippen molar-refractivity contribution in [3.63, 3.8) is 0 Å². The minimum absolute atomic E-state index is 0.0426. The minimum Gasteiger partial charge on any atom is -0.379 e. The summed E-state index contributed by atoms with van der Waals surface area (Å²) in [4.78, 5) is 9.94. The molecule has 0 amide bonds. The molecule has 7 nitrogen and oxygen atoms in total. The maximum absolute atomic E-state index is 12.2. The molecule has 0 aromatic carbocycles. The Labute approximate surface area is 233 Å². The minimum atomic E-state index is -4.13. The SMILES string of the molecule is CCCCCCCCCCCCCCCCCCOC[C@H](COP(=O)(O)OCC[n+]1ccccc1)OCC. The zero-order chi connectivity index (χ0) is 27.6. The largest absolute Gasteiger partial charge is 0.472 e. The molecule has 1 aromatic heterocycles. The van der Waals surface area contributed by atoms with Crippen molar-refractivity contribution in [2.45, 2.75) is 129 Å². The Hall–Kier alpha value is -0.820. The summed E-state index contributed by atoms with van der Waals surface area (Å²) >= 11 is 0. The Morgan fingerprint density at radius 2 is 1.21 bits per heavy atom. The Kier molecular flexibility index (Phi) is 23.3. The fourth-order valence-corrected chi connectivity index (χ4v) is 5.15. The predicted octanol–water partition coefficient (Wildman–Crippen LogP) is 7.79. The number of hydrogen-bond acceptors (Lipinski definition) is 5. The molecule has 8 heteroatoms. The van der Waals surface area contributed by atoms with Gasteiger partial charge in [0.25, 0.3) is 0 Å². The van der Waals surface area contributed by atoms with Crippen LogP contribution in [0, 0.1) is 0 Å². The van der Waals surface area contributed by atoms with Crippen LogP contribution in [0.3, 0.4) is 0 Å². The average Bonchev–Trinajstić information content (AvgIpc) is 2.91. The van der Waals surface area contributed by atoms with Gasteiger partial charge in [-0.25, -0.2) is 9.13 Å². The van der Waals surface area contributed by atoms with E-state index in [1.165, 1.54) is 96.3 Å². The van der Waals surface area contributed by atoms with Gasteiger partial charge in [0.15, 0.2) is 18.9 Å². The number of rotatable bonds is 28. The number of nitrogens with zero attached hydrogens (tertiary/aromatic N) is 1. The van der Waals surface area contributed by atoms with Crippen molar-refractivity contribution in [2.75, 3.05) is 33.0 Å². The summed E-state index contributed by atoms with van der Waals surface area (Å²) in [5.41, 5.74) is 0. The van der Waals surface area contributed by atoms with E-state index < -0.39 is 13.9 Å². The van der Waals surface area contributed by atoms with Gasteiger partial charge in [0, 0.05) is 25.3 Å². The zero-order valence-corrected chi connectivity index (χ0v) is 25.3. The van der Waals surface area contributed by atoms with Crippen LogP contribution >= 0.6 is 7.82 Å². The van der Waals surface area contributed by atoms with E-state index in [4.69, 9.17) is 18.5 Å². The van der Waals surface area contributed by atoms with E-state index in [2.05, 4.69) is 6.92 Å². The van der Waals surface area contributed by atoms with Crippen LogP contribution in [-0.4, -0.2) is 44.0 Å². The summed E-state index contributed by atoms with van der Waals surface area (Å²) in [5.74, 6) is 0. The highest BCUT2D eigenvalue weighted by Gasteiger charge is 2.24. The Bertz CT molecular complexity index is 678. The first kappa shape index (κ1) is 35.2. The van der Waals surface area contributed by atoms with Crippen LogP contribution in [0.25, 0.3) is 0 Å². The van der Waals surface area contributed by atoms with Crippen LogP contribution in [0.2, 0.25) is 0 Å². The third kappa shape index (κ3) is 22.0. The fourth-order valence-electron chi connectivity index (χ4n) is 4.41. The van der Waals surface area contributed by atoms with Gasteiger partial charge in [0.2, 0.25) is 0 Å². The smallest absolute Gasteiger partial charge is 0.379 e. The Balaban J connectivity index is 1.94. The van der Waals surface area contributed by atoms with Gasteiger partial charge in [-0.2, -0.15) is 0 Å². The first-order valence-corrected chi connectivity index (χ1v) is 16.8. The molecule has 0 spiro atoms. The molecule has 0 fully saturated rings. The molecule has 1 unspecified atom stereocenters. The summed E-state index contributed by atoms with van der Waals surface area (Å²) < 4.78 is 35.6.